The van der Waals surface area contributed by atoms with Crippen molar-refractivity contribution >= 4 is 15.8 Å². The number of rotatable bonds is 6. The van der Waals surface area contributed by atoms with E-state index in [0.29, 0.717) is 17.5 Å². The normalized spacial score (nSPS) is 11.8. The fourth-order valence-electron chi connectivity index (χ4n) is 1.95. The molecule has 0 N–H and O–H groups in total. The van der Waals surface area contributed by atoms with Gasteiger partial charge in [0.1, 0.15) is 0 Å². The molecule has 21 heavy (non-hydrogen) atoms. The van der Waals surface area contributed by atoms with E-state index < -0.39 is 10.0 Å². The van der Waals surface area contributed by atoms with Gasteiger partial charge in [0, 0.05) is 25.2 Å². The minimum Gasteiger partial charge on any atom is -0.340 e. The first-order chi connectivity index (χ1) is 9.81. The molecule has 0 bridgehead atoms. The van der Waals surface area contributed by atoms with Crippen LogP contribution in [-0.2, 0) is 23.1 Å². The zero-order valence-electron chi connectivity index (χ0n) is 12.6. The van der Waals surface area contributed by atoms with Crippen LogP contribution in [0.2, 0.25) is 0 Å². The highest BCUT2D eigenvalue weighted by Crippen LogP contribution is 2.19. The molecule has 0 aromatic carbocycles. The Balaban J connectivity index is 2.34. The summed E-state index contributed by atoms with van der Waals surface area (Å²) in [5, 5.41) is 8.08. The van der Waals surface area contributed by atoms with Crippen LogP contribution in [-0.4, -0.2) is 34.6 Å². The second-order valence-electron chi connectivity index (χ2n) is 4.87. The summed E-state index contributed by atoms with van der Waals surface area (Å²) in [6.07, 6.45) is 2.05. The van der Waals surface area contributed by atoms with Gasteiger partial charge in [0.15, 0.2) is 11.6 Å². The lowest BCUT2D eigenvalue weighted by Gasteiger charge is -2.17. The quantitative estimate of drug-likeness (QED) is 0.797. The van der Waals surface area contributed by atoms with E-state index in [2.05, 4.69) is 15.2 Å². The molecule has 0 atom stereocenters. The lowest BCUT2D eigenvalue weighted by atomic mass is 10.4. The van der Waals surface area contributed by atoms with Crippen LogP contribution in [0.4, 0.5) is 5.82 Å². The molecule has 9 heteroatoms. The molecule has 0 spiro atoms. The van der Waals surface area contributed by atoms with E-state index >= 15 is 0 Å². The monoisotopic (exact) mass is 313 g/mol. The van der Waals surface area contributed by atoms with Gasteiger partial charge in [-0.3, -0.25) is 4.68 Å². The zero-order chi connectivity index (χ0) is 15.6. The van der Waals surface area contributed by atoms with Crippen LogP contribution in [0.15, 0.2) is 10.6 Å². The Morgan fingerprint density at radius 2 is 2.10 bits per heavy atom. The van der Waals surface area contributed by atoms with Crippen molar-refractivity contribution in [3.63, 3.8) is 0 Å². The summed E-state index contributed by atoms with van der Waals surface area (Å²) in [7, 11) is -3.49. The molecule has 0 aliphatic rings. The Bertz CT molecular complexity index is 719. The molecule has 0 saturated carbocycles. The summed E-state index contributed by atoms with van der Waals surface area (Å²) in [6, 6.07) is 1.74. The van der Waals surface area contributed by atoms with Gasteiger partial charge in [0.05, 0.1) is 12.8 Å². The largest absolute Gasteiger partial charge is 0.340 e. The number of aryl methyl sites for hydroxylation is 3. The average Bonchev–Trinajstić information content (AvgIpc) is 2.93. The summed E-state index contributed by atoms with van der Waals surface area (Å²) in [4.78, 5) is 4.04. The van der Waals surface area contributed by atoms with Crippen molar-refractivity contribution in [2.24, 2.45) is 0 Å². The first-order valence-electron chi connectivity index (χ1n) is 6.62. The molecule has 2 aromatic heterocycles. The van der Waals surface area contributed by atoms with Gasteiger partial charge in [-0.25, -0.2) is 12.7 Å². The molecule has 0 fully saturated rings. The van der Waals surface area contributed by atoms with Gasteiger partial charge in [-0.1, -0.05) is 12.1 Å². The molecular weight excluding hydrogens is 294 g/mol. The summed E-state index contributed by atoms with van der Waals surface area (Å²) >= 11 is 0. The van der Waals surface area contributed by atoms with Gasteiger partial charge in [0.2, 0.25) is 15.9 Å². The predicted molar refractivity (Wildman–Crippen MR) is 77.3 cm³/mol. The SMILES string of the molecule is CCCn1nc(N(Cc2noc(C)n2)S(C)(=O)=O)cc1C. The standard InChI is InChI=1S/C12H19N5O3S/c1-5-6-16-9(2)7-12(14-16)17(21(4,18)19)8-11-13-10(3)20-15-11/h7H,5-6,8H2,1-4H3. The highest BCUT2D eigenvalue weighted by Gasteiger charge is 2.23. The van der Waals surface area contributed by atoms with Gasteiger partial charge >= 0.3 is 0 Å². The molecule has 8 nitrogen and oxygen atoms in total. The summed E-state index contributed by atoms with van der Waals surface area (Å²) in [5.41, 5.74) is 0.907. The third-order valence-corrected chi connectivity index (χ3v) is 4.03. The zero-order valence-corrected chi connectivity index (χ0v) is 13.4. The number of nitrogens with zero attached hydrogens (tertiary/aromatic N) is 5. The van der Waals surface area contributed by atoms with E-state index in [1.54, 1.807) is 17.7 Å². The number of anilines is 1. The molecule has 0 aliphatic heterocycles. The fraction of sp³-hybridized carbons (Fsp3) is 0.583. The summed E-state index contributed by atoms with van der Waals surface area (Å²) < 4.78 is 31.9. The van der Waals surface area contributed by atoms with Crippen molar-refractivity contribution < 1.29 is 12.9 Å². The van der Waals surface area contributed by atoms with Crippen molar-refractivity contribution in [3.8, 4) is 0 Å². The molecule has 0 aliphatic carbocycles. The van der Waals surface area contributed by atoms with E-state index in [4.69, 9.17) is 4.52 Å². The fourth-order valence-corrected chi connectivity index (χ4v) is 2.73. The Hall–Kier alpha value is -1.90. The Morgan fingerprint density at radius 1 is 1.38 bits per heavy atom. The maximum atomic E-state index is 12.0. The van der Waals surface area contributed by atoms with Crippen molar-refractivity contribution in [3.05, 3.63) is 23.5 Å². The third kappa shape index (κ3) is 3.60. The lowest BCUT2D eigenvalue weighted by molar-refractivity contribution is 0.387. The average molecular weight is 313 g/mol. The minimum atomic E-state index is -3.49. The highest BCUT2D eigenvalue weighted by atomic mass is 32.2. The van der Waals surface area contributed by atoms with Crippen molar-refractivity contribution in [1.29, 1.82) is 0 Å². The molecular formula is C12H19N5O3S. The summed E-state index contributed by atoms with van der Waals surface area (Å²) in [5.74, 6) is 1.07. The predicted octanol–water partition coefficient (Wildman–Crippen LogP) is 1.26. The van der Waals surface area contributed by atoms with Crippen LogP contribution < -0.4 is 4.31 Å². The first-order valence-corrected chi connectivity index (χ1v) is 8.47. The second-order valence-corrected chi connectivity index (χ2v) is 6.77. The van der Waals surface area contributed by atoms with Crippen molar-refractivity contribution in [1.82, 2.24) is 19.9 Å². The van der Waals surface area contributed by atoms with Gasteiger partial charge in [-0.15, -0.1) is 0 Å². The van der Waals surface area contributed by atoms with E-state index in [0.717, 1.165) is 24.9 Å². The third-order valence-electron chi connectivity index (χ3n) is 2.91. The van der Waals surface area contributed by atoms with Crippen LogP contribution in [0, 0.1) is 13.8 Å². The number of hydrogen-bond acceptors (Lipinski definition) is 6. The van der Waals surface area contributed by atoms with E-state index in [1.165, 1.54) is 4.31 Å². The molecule has 2 rings (SSSR count). The molecule has 116 valence electrons. The van der Waals surface area contributed by atoms with Crippen molar-refractivity contribution in [2.45, 2.75) is 40.3 Å². The Labute approximate surface area is 123 Å². The van der Waals surface area contributed by atoms with Crippen LogP contribution in [0.25, 0.3) is 0 Å². The van der Waals surface area contributed by atoms with Gasteiger partial charge in [-0.2, -0.15) is 10.1 Å². The maximum absolute atomic E-state index is 12.0. The Kier molecular flexibility index (Phi) is 4.31. The lowest BCUT2D eigenvalue weighted by Crippen LogP contribution is -2.30. The van der Waals surface area contributed by atoms with Crippen LogP contribution in [0.5, 0.6) is 0 Å². The van der Waals surface area contributed by atoms with Crippen molar-refractivity contribution in [2.75, 3.05) is 10.6 Å². The van der Waals surface area contributed by atoms with Crippen LogP contribution >= 0.6 is 0 Å². The molecule has 2 heterocycles. The molecule has 0 unspecified atom stereocenters. The smallest absolute Gasteiger partial charge is 0.233 e. The van der Waals surface area contributed by atoms with Gasteiger partial charge < -0.3 is 4.52 Å². The first kappa shape index (κ1) is 15.5. The van der Waals surface area contributed by atoms with E-state index in [9.17, 15) is 8.42 Å². The maximum Gasteiger partial charge on any atom is 0.233 e. The topological polar surface area (TPSA) is 94.1 Å². The van der Waals surface area contributed by atoms with Gasteiger partial charge in [0.25, 0.3) is 0 Å². The number of sulfonamides is 1. The van der Waals surface area contributed by atoms with E-state index in [1.807, 2.05) is 13.8 Å². The molecule has 0 saturated heterocycles. The number of aromatic nitrogens is 4. The van der Waals surface area contributed by atoms with E-state index in [-0.39, 0.29) is 6.54 Å². The highest BCUT2D eigenvalue weighted by molar-refractivity contribution is 7.92. The summed E-state index contributed by atoms with van der Waals surface area (Å²) in [6.45, 7) is 6.33. The molecule has 0 amide bonds. The van der Waals surface area contributed by atoms with Gasteiger partial charge in [-0.05, 0) is 13.3 Å². The molecule has 0 radical (unpaired) electrons. The minimum absolute atomic E-state index is 0.00124. The second kappa shape index (κ2) is 5.84. The van der Waals surface area contributed by atoms with Crippen LogP contribution in [0.3, 0.4) is 0 Å². The Morgan fingerprint density at radius 3 is 2.62 bits per heavy atom. The van der Waals surface area contributed by atoms with Crippen LogP contribution in [0.1, 0.15) is 30.8 Å². The molecule has 2 aromatic rings. The number of hydrogen-bond donors (Lipinski definition) is 0.